The van der Waals surface area contributed by atoms with E-state index in [1.807, 2.05) is 35.7 Å². The number of rotatable bonds is 6. The van der Waals surface area contributed by atoms with Crippen LogP contribution in [-0.2, 0) is 12.1 Å². The summed E-state index contributed by atoms with van der Waals surface area (Å²) in [5.41, 5.74) is 1.38. The molecule has 5 heteroatoms. The third-order valence-electron chi connectivity index (χ3n) is 3.90. The van der Waals surface area contributed by atoms with Crippen LogP contribution in [0, 0.1) is 5.82 Å². The van der Waals surface area contributed by atoms with Gasteiger partial charge in [0.1, 0.15) is 11.4 Å². The minimum atomic E-state index is -0.957. The number of halogens is 1. The highest BCUT2D eigenvalue weighted by molar-refractivity contribution is 7.10. The van der Waals surface area contributed by atoms with Crippen LogP contribution in [0.3, 0.4) is 0 Å². The third kappa shape index (κ3) is 3.87. The Morgan fingerprint density at radius 1 is 1.17 bits per heavy atom. The highest BCUT2D eigenvalue weighted by Gasteiger charge is 2.23. The average Bonchev–Trinajstić information content (AvgIpc) is 3.12. The minimum absolute atomic E-state index is 0.257. The highest BCUT2D eigenvalue weighted by atomic mass is 32.1. The molecule has 0 spiro atoms. The number of thiophene rings is 1. The van der Waals surface area contributed by atoms with Crippen LogP contribution in [0.1, 0.15) is 17.4 Å². The molecule has 1 aromatic carbocycles. The van der Waals surface area contributed by atoms with Gasteiger partial charge in [-0.3, -0.25) is 4.98 Å². The van der Waals surface area contributed by atoms with E-state index in [2.05, 4.69) is 10.3 Å². The van der Waals surface area contributed by atoms with Crippen molar-refractivity contribution >= 4 is 11.3 Å². The topological polar surface area (TPSA) is 45.1 Å². The lowest BCUT2D eigenvalue weighted by Crippen LogP contribution is -2.34. The van der Waals surface area contributed by atoms with Crippen molar-refractivity contribution in [3.63, 3.8) is 0 Å². The third-order valence-corrected chi connectivity index (χ3v) is 5.03. The van der Waals surface area contributed by atoms with E-state index in [9.17, 15) is 9.50 Å². The Bertz CT molecular complexity index is 788. The summed E-state index contributed by atoms with van der Waals surface area (Å²) in [6.45, 7) is 2.48. The van der Waals surface area contributed by atoms with Gasteiger partial charge >= 0.3 is 0 Å². The van der Waals surface area contributed by atoms with Gasteiger partial charge in [0.05, 0.1) is 0 Å². The minimum Gasteiger partial charge on any atom is -0.383 e. The van der Waals surface area contributed by atoms with Crippen molar-refractivity contribution in [2.45, 2.75) is 19.1 Å². The Morgan fingerprint density at radius 2 is 1.96 bits per heavy atom. The van der Waals surface area contributed by atoms with Crippen molar-refractivity contribution < 1.29 is 9.50 Å². The van der Waals surface area contributed by atoms with Gasteiger partial charge in [-0.25, -0.2) is 4.39 Å². The van der Waals surface area contributed by atoms with E-state index >= 15 is 0 Å². The first kappa shape index (κ1) is 16.8. The number of hydrogen-bond donors (Lipinski definition) is 2. The Labute approximate surface area is 144 Å². The number of benzene rings is 1. The zero-order chi connectivity index (χ0) is 17.0. The van der Waals surface area contributed by atoms with Crippen molar-refractivity contribution in [2.75, 3.05) is 6.54 Å². The van der Waals surface area contributed by atoms with E-state index in [1.54, 1.807) is 25.4 Å². The van der Waals surface area contributed by atoms with Crippen LogP contribution in [0.15, 0.2) is 60.2 Å². The summed E-state index contributed by atoms with van der Waals surface area (Å²) in [5, 5.41) is 15.5. The van der Waals surface area contributed by atoms with Gasteiger partial charge in [-0.05, 0) is 47.7 Å². The fourth-order valence-corrected chi connectivity index (χ4v) is 3.31. The van der Waals surface area contributed by atoms with Crippen LogP contribution in [-0.4, -0.2) is 16.6 Å². The maximum absolute atomic E-state index is 14.3. The predicted octanol–water partition coefficient (Wildman–Crippen LogP) is 3.95. The summed E-state index contributed by atoms with van der Waals surface area (Å²) in [6.07, 6.45) is 3.38. The first-order chi connectivity index (χ1) is 11.6. The molecule has 0 aliphatic rings. The van der Waals surface area contributed by atoms with Crippen LogP contribution in [0.25, 0.3) is 11.1 Å². The molecule has 0 aliphatic heterocycles. The molecule has 3 aromatic rings. The number of pyridine rings is 1. The molecule has 0 radical (unpaired) electrons. The number of aromatic nitrogens is 1. The van der Waals surface area contributed by atoms with Crippen molar-refractivity contribution in [3.05, 3.63) is 76.5 Å². The molecular weight excluding hydrogens is 323 g/mol. The van der Waals surface area contributed by atoms with Crippen LogP contribution in [0.5, 0.6) is 0 Å². The molecule has 1 atom stereocenters. The van der Waals surface area contributed by atoms with Gasteiger partial charge in [0.25, 0.3) is 0 Å². The Hall–Kier alpha value is -2.08. The normalized spacial score (nSPS) is 13.6. The summed E-state index contributed by atoms with van der Waals surface area (Å²) in [7, 11) is 0. The van der Waals surface area contributed by atoms with E-state index in [1.165, 1.54) is 17.4 Å². The fraction of sp³-hybridized carbons (Fsp3) is 0.211. The van der Waals surface area contributed by atoms with E-state index < -0.39 is 5.60 Å². The summed E-state index contributed by atoms with van der Waals surface area (Å²) < 4.78 is 14.3. The van der Waals surface area contributed by atoms with Crippen LogP contribution in [0.2, 0.25) is 0 Å². The molecule has 0 fully saturated rings. The van der Waals surface area contributed by atoms with Gasteiger partial charge in [-0.1, -0.05) is 18.2 Å². The Balaban J connectivity index is 1.64. The van der Waals surface area contributed by atoms with Crippen molar-refractivity contribution in [3.8, 4) is 11.1 Å². The first-order valence-electron chi connectivity index (χ1n) is 7.72. The molecule has 0 saturated heterocycles. The molecule has 3 nitrogen and oxygen atoms in total. The van der Waals surface area contributed by atoms with E-state index in [4.69, 9.17) is 0 Å². The van der Waals surface area contributed by atoms with Gasteiger partial charge in [-0.15, -0.1) is 11.3 Å². The zero-order valence-corrected chi connectivity index (χ0v) is 14.2. The summed E-state index contributed by atoms with van der Waals surface area (Å²) in [4.78, 5) is 4.86. The quantitative estimate of drug-likeness (QED) is 0.713. The van der Waals surface area contributed by atoms with Crippen LogP contribution < -0.4 is 5.32 Å². The standard InChI is InChI=1S/C19H19FN2OS/c1-19(23,18-3-2-10-24-18)13-22-12-16-5-4-15(11-17(16)20)14-6-8-21-9-7-14/h2-11,22-23H,12-13H2,1H3. The molecule has 0 saturated carbocycles. The monoisotopic (exact) mass is 342 g/mol. The molecule has 2 aromatic heterocycles. The van der Waals surface area contributed by atoms with E-state index in [-0.39, 0.29) is 5.82 Å². The predicted molar refractivity (Wildman–Crippen MR) is 95.2 cm³/mol. The molecule has 24 heavy (non-hydrogen) atoms. The number of nitrogens with zero attached hydrogens (tertiary/aromatic N) is 1. The van der Waals surface area contributed by atoms with Crippen molar-refractivity contribution in [2.24, 2.45) is 0 Å². The first-order valence-corrected chi connectivity index (χ1v) is 8.60. The summed E-state index contributed by atoms with van der Waals surface area (Å²) >= 11 is 1.51. The molecule has 3 rings (SSSR count). The number of aliphatic hydroxyl groups is 1. The molecule has 124 valence electrons. The lowest BCUT2D eigenvalue weighted by Gasteiger charge is -2.22. The maximum atomic E-state index is 14.3. The van der Waals surface area contributed by atoms with Crippen LogP contribution in [0.4, 0.5) is 4.39 Å². The van der Waals surface area contributed by atoms with Crippen molar-refractivity contribution in [1.82, 2.24) is 10.3 Å². The van der Waals surface area contributed by atoms with Gasteiger partial charge in [0.2, 0.25) is 0 Å². The summed E-state index contributed by atoms with van der Waals surface area (Å²) in [6, 6.07) is 12.7. The number of nitrogens with one attached hydrogen (secondary N) is 1. The Morgan fingerprint density at radius 3 is 2.62 bits per heavy atom. The number of hydrogen-bond acceptors (Lipinski definition) is 4. The highest BCUT2D eigenvalue weighted by Crippen LogP contribution is 2.25. The average molecular weight is 342 g/mol. The molecule has 0 amide bonds. The molecule has 1 unspecified atom stereocenters. The zero-order valence-electron chi connectivity index (χ0n) is 13.4. The van der Waals surface area contributed by atoms with Gasteiger partial charge < -0.3 is 10.4 Å². The van der Waals surface area contributed by atoms with Gasteiger partial charge in [0, 0.05) is 35.9 Å². The van der Waals surface area contributed by atoms with Crippen molar-refractivity contribution in [1.29, 1.82) is 0 Å². The Kier molecular flexibility index (Phi) is 5.04. The smallest absolute Gasteiger partial charge is 0.128 e. The second-order valence-electron chi connectivity index (χ2n) is 5.90. The lowest BCUT2D eigenvalue weighted by molar-refractivity contribution is 0.0603. The van der Waals surface area contributed by atoms with Gasteiger partial charge in [-0.2, -0.15) is 0 Å². The molecular formula is C19H19FN2OS. The second kappa shape index (κ2) is 7.21. The second-order valence-corrected chi connectivity index (χ2v) is 6.84. The lowest BCUT2D eigenvalue weighted by atomic mass is 10.0. The maximum Gasteiger partial charge on any atom is 0.128 e. The molecule has 0 aliphatic carbocycles. The van der Waals surface area contributed by atoms with Crippen LogP contribution >= 0.6 is 11.3 Å². The molecule has 2 N–H and O–H groups in total. The molecule has 0 bridgehead atoms. The van der Waals surface area contributed by atoms with E-state index in [0.29, 0.717) is 18.7 Å². The fourth-order valence-electron chi connectivity index (χ4n) is 2.53. The summed E-state index contributed by atoms with van der Waals surface area (Å²) in [5.74, 6) is -0.257. The van der Waals surface area contributed by atoms with E-state index in [0.717, 1.165) is 16.0 Å². The van der Waals surface area contributed by atoms with Gasteiger partial charge in [0.15, 0.2) is 0 Å². The molecule has 2 heterocycles. The largest absolute Gasteiger partial charge is 0.383 e. The SMILES string of the molecule is CC(O)(CNCc1ccc(-c2ccncc2)cc1F)c1cccs1.